The summed E-state index contributed by atoms with van der Waals surface area (Å²) in [4.78, 5) is 23.0. The number of carbonyl (C=O) groups excluding carboxylic acids is 2. The Morgan fingerprint density at radius 2 is 1.87 bits per heavy atom. The molecule has 0 radical (unpaired) electrons. The van der Waals surface area contributed by atoms with Crippen LogP contribution >= 0.6 is 15.9 Å². The standard InChI is InChI=1S/C15H11BrN4O3/c16-13-6-5-12(23-13)15(22)18-9-1-3-10(4-2-9)20-8-7-11(19-20)14(17)21/h1-8H,(H2,17,21)(H,18,22). The second-order valence-electron chi connectivity index (χ2n) is 4.61. The third kappa shape index (κ3) is 3.32. The van der Waals surface area contributed by atoms with Crippen molar-refractivity contribution in [2.24, 2.45) is 5.73 Å². The molecule has 0 atom stereocenters. The highest BCUT2D eigenvalue weighted by molar-refractivity contribution is 9.10. The summed E-state index contributed by atoms with van der Waals surface area (Å²) in [7, 11) is 0. The van der Waals surface area contributed by atoms with E-state index in [-0.39, 0.29) is 17.4 Å². The van der Waals surface area contributed by atoms with Gasteiger partial charge in [0.25, 0.3) is 11.8 Å². The monoisotopic (exact) mass is 374 g/mol. The van der Waals surface area contributed by atoms with Crippen molar-refractivity contribution in [2.75, 3.05) is 5.32 Å². The number of hydrogen-bond acceptors (Lipinski definition) is 4. The van der Waals surface area contributed by atoms with E-state index in [1.165, 1.54) is 10.7 Å². The molecule has 0 bridgehead atoms. The van der Waals surface area contributed by atoms with Crippen LogP contribution in [0.15, 0.2) is 57.7 Å². The Balaban J connectivity index is 1.74. The molecule has 3 rings (SSSR count). The van der Waals surface area contributed by atoms with Crippen molar-refractivity contribution in [1.29, 1.82) is 0 Å². The molecule has 116 valence electrons. The summed E-state index contributed by atoms with van der Waals surface area (Å²) in [5, 5.41) is 6.77. The summed E-state index contributed by atoms with van der Waals surface area (Å²) in [5.74, 6) is -0.727. The molecule has 0 aliphatic heterocycles. The summed E-state index contributed by atoms with van der Waals surface area (Å²) in [5.41, 5.74) is 6.69. The number of benzene rings is 1. The van der Waals surface area contributed by atoms with Gasteiger partial charge in [-0.05, 0) is 58.4 Å². The largest absolute Gasteiger partial charge is 0.444 e. The number of primary amides is 1. The van der Waals surface area contributed by atoms with Crippen molar-refractivity contribution in [2.45, 2.75) is 0 Å². The van der Waals surface area contributed by atoms with Crippen LogP contribution in [-0.4, -0.2) is 21.6 Å². The summed E-state index contributed by atoms with van der Waals surface area (Å²) in [6, 6.07) is 11.7. The van der Waals surface area contributed by atoms with Gasteiger partial charge in [0.15, 0.2) is 10.4 Å². The number of nitrogens with one attached hydrogen (secondary N) is 1. The molecule has 3 N–H and O–H groups in total. The molecule has 0 fully saturated rings. The van der Waals surface area contributed by atoms with E-state index in [1.807, 2.05) is 0 Å². The summed E-state index contributed by atoms with van der Waals surface area (Å²) in [6.07, 6.45) is 1.63. The average Bonchev–Trinajstić information content (AvgIpc) is 3.17. The van der Waals surface area contributed by atoms with Crippen molar-refractivity contribution in [3.63, 3.8) is 0 Å². The van der Waals surface area contributed by atoms with Gasteiger partial charge in [-0.3, -0.25) is 9.59 Å². The highest BCUT2D eigenvalue weighted by atomic mass is 79.9. The number of rotatable bonds is 4. The van der Waals surface area contributed by atoms with Gasteiger partial charge >= 0.3 is 0 Å². The van der Waals surface area contributed by atoms with E-state index in [0.29, 0.717) is 10.4 Å². The van der Waals surface area contributed by atoms with E-state index < -0.39 is 5.91 Å². The van der Waals surface area contributed by atoms with Gasteiger partial charge in [0.1, 0.15) is 5.69 Å². The molecule has 0 aliphatic rings. The van der Waals surface area contributed by atoms with E-state index in [1.54, 1.807) is 42.6 Å². The number of hydrogen-bond donors (Lipinski definition) is 2. The molecule has 2 heterocycles. The van der Waals surface area contributed by atoms with Crippen LogP contribution in [0.25, 0.3) is 5.69 Å². The Morgan fingerprint density at radius 1 is 1.13 bits per heavy atom. The molecule has 23 heavy (non-hydrogen) atoms. The normalized spacial score (nSPS) is 10.5. The van der Waals surface area contributed by atoms with E-state index >= 15 is 0 Å². The SMILES string of the molecule is NC(=O)c1ccn(-c2ccc(NC(=O)c3ccc(Br)o3)cc2)n1. The van der Waals surface area contributed by atoms with Crippen LogP contribution < -0.4 is 11.1 Å². The highest BCUT2D eigenvalue weighted by Gasteiger charge is 2.11. The van der Waals surface area contributed by atoms with E-state index in [0.717, 1.165) is 5.69 Å². The number of nitrogens with two attached hydrogens (primary N) is 1. The fraction of sp³-hybridized carbons (Fsp3) is 0. The van der Waals surface area contributed by atoms with Crippen molar-refractivity contribution in [3.8, 4) is 5.69 Å². The Labute approximate surface area is 139 Å². The van der Waals surface area contributed by atoms with Crippen molar-refractivity contribution in [3.05, 3.63) is 64.8 Å². The first-order valence-corrected chi connectivity index (χ1v) is 7.35. The highest BCUT2D eigenvalue weighted by Crippen LogP contribution is 2.17. The topological polar surface area (TPSA) is 103 Å². The van der Waals surface area contributed by atoms with Gasteiger partial charge in [0.2, 0.25) is 0 Å². The van der Waals surface area contributed by atoms with Gasteiger partial charge < -0.3 is 15.5 Å². The van der Waals surface area contributed by atoms with Crippen LogP contribution in [0.2, 0.25) is 0 Å². The number of anilines is 1. The van der Waals surface area contributed by atoms with Gasteiger partial charge in [-0.2, -0.15) is 5.10 Å². The second-order valence-corrected chi connectivity index (χ2v) is 5.40. The lowest BCUT2D eigenvalue weighted by Crippen LogP contribution is -2.12. The smallest absolute Gasteiger partial charge is 0.291 e. The average molecular weight is 375 g/mol. The Morgan fingerprint density at radius 3 is 2.43 bits per heavy atom. The predicted octanol–water partition coefficient (Wildman–Crippen LogP) is 2.58. The molecule has 2 aromatic heterocycles. The minimum absolute atomic E-state index is 0.186. The van der Waals surface area contributed by atoms with Crippen LogP contribution in [0, 0.1) is 0 Å². The summed E-state index contributed by atoms with van der Waals surface area (Å²) in [6.45, 7) is 0. The zero-order chi connectivity index (χ0) is 16.4. The first-order valence-electron chi connectivity index (χ1n) is 6.55. The van der Waals surface area contributed by atoms with E-state index in [4.69, 9.17) is 10.2 Å². The molecule has 2 amide bonds. The minimum atomic E-state index is -0.586. The van der Waals surface area contributed by atoms with Gasteiger partial charge in [0, 0.05) is 11.9 Å². The van der Waals surface area contributed by atoms with Crippen molar-refractivity contribution >= 4 is 33.4 Å². The van der Waals surface area contributed by atoms with Crippen molar-refractivity contribution < 1.29 is 14.0 Å². The maximum absolute atomic E-state index is 12.0. The van der Waals surface area contributed by atoms with Crippen LogP contribution in [-0.2, 0) is 0 Å². The lowest BCUT2D eigenvalue weighted by atomic mass is 10.2. The quantitative estimate of drug-likeness (QED) is 0.732. The molecular formula is C15H11BrN4O3. The number of nitrogens with zero attached hydrogens (tertiary/aromatic N) is 2. The first-order chi connectivity index (χ1) is 11.0. The Hall–Kier alpha value is -2.87. The number of amides is 2. The van der Waals surface area contributed by atoms with Crippen LogP contribution in [0.1, 0.15) is 21.0 Å². The summed E-state index contributed by atoms with van der Waals surface area (Å²) < 4.78 is 7.19. The zero-order valence-electron chi connectivity index (χ0n) is 11.7. The second kappa shape index (κ2) is 6.09. The number of furan rings is 1. The van der Waals surface area contributed by atoms with E-state index in [9.17, 15) is 9.59 Å². The lowest BCUT2D eigenvalue weighted by molar-refractivity contribution is 0.0987. The predicted molar refractivity (Wildman–Crippen MR) is 86.4 cm³/mol. The van der Waals surface area contributed by atoms with Gasteiger partial charge in [-0.1, -0.05) is 0 Å². The third-order valence-electron chi connectivity index (χ3n) is 3.03. The number of carbonyl (C=O) groups is 2. The molecule has 7 nitrogen and oxygen atoms in total. The first kappa shape index (κ1) is 15.0. The molecule has 0 saturated heterocycles. The van der Waals surface area contributed by atoms with Gasteiger partial charge in [0.05, 0.1) is 5.69 Å². The van der Waals surface area contributed by atoms with Crippen LogP contribution in [0.4, 0.5) is 5.69 Å². The molecule has 0 spiro atoms. The maximum Gasteiger partial charge on any atom is 0.291 e. The lowest BCUT2D eigenvalue weighted by Gasteiger charge is -2.05. The van der Waals surface area contributed by atoms with Crippen LogP contribution in [0.5, 0.6) is 0 Å². The molecule has 0 unspecified atom stereocenters. The Kier molecular flexibility index (Phi) is 3.98. The third-order valence-corrected chi connectivity index (χ3v) is 3.45. The maximum atomic E-state index is 12.0. The number of aromatic nitrogens is 2. The molecule has 3 aromatic rings. The molecule has 0 aliphatic carbocycles. The molecular weight excluding hydrogens is 364 g/mol. The van der Waals surface area contributed by atoms with Crippen molar-refractivity contribution in [1.82, 2.24) is 9.78 Å². The molecule has 8 heteroatoms. The summed E-state index contributed by atoms with van der Waals surface area (Å²) >= 11 is 3.14. The molecule has 0 saturated carbocycles. The van der Waals surface area contributed by atoms with Gasteiger partial charge in [-0.25, -0.2) is 4.68 Å². The fourth-order valence-electron chi connectivity index (χ4n) is 1.93. The Bertz CT molecular complexity index is 867. The van der Waals surface area contributed by atoms with Crippen LogP contribution in [0.3, 0.4) is 0 Å². The molecule has 1 aromatic carbocycles. The number of halogens is 1. The van der Waals surface area contributed by atoms with E-state index in [2.05, 4.69) is 26.3 Å². The zero-order valence-corrected chi connectivity index (χ0v) is 13.3. The fourth-order valence-corrected chi connectivity index (χ4v) is 2.23. The minimum Gasteiger partial charge on any atom is -0.444 e. The van der Waals surface area contributed by atoms with Gasteiger partial charge in [-0.15, -0.1) is 0 Å².